The van der Waals surface area contributed by atoms with E-state index in [4.69, 9.17) is 9.84 Å². The molecule has 6 heteroatoms. The zero-order valence-electron chi connectivity index (χ0n) is 10.4. The number of nitro groups is 1. The van der Waals surface area contributed by atoms with Gasteiger partial charge in [-0.25, -0.2) is 0 Å². The van der Waals surface area contributed by atoms with Crippen LogP contribution in [0, 0.1) is 22.0 Å². The summed E-state index contributed by atoms with van der Waals surface area (Å²) in [5.74, 6) is 5.96. The van der Waals surface area contributed by atoms with E-state index in [1.807, 2.05) is 11.4 Å². The van der Waals surface area contributed by atoms with Crippen LogP contribution in [0.3, 0.4) is 0 Å². The van der Waals surface area contributed by atoms with Gasteiger partial charge in [-0.3, -0.25) is 10.1 Å². The standard InChI is InChI=1S/C14H11NO4S/c16-7-1-2-11-8-14(20-10-11)9-19-13-5-3-12(4-6-13)15(17)18/h3-6,8,10,16H,7,9H2. The van der Waals surface area contributed by atoms with Gasteiger partial charge >= 0.3 is 0 Å². The molecule has 0 fully saturated rings. The zero-order valence-corrected chi connectivity index (χ0v) is 11.2. The summed E-state index contributed by atoms with van der Waals surface area (Å²) in [6, 6.07) is 7.83. The Labute approximate surface area is 119 Å². The summed E-state index contributed by atoms with van der Waals surface area (Å²) in [7, 11) is 0. The topological polar surface area (TPSA) is 72.6 Å². The Hall–Kier alpha value is -2.36. The average molecular weight is 289 g/mol. The van der Waals surface area contributed by atoms with E-state index in [9.17, 15) is 10.1 Å². The molecular weight excluding hydrogens is 278 g/mol. The third-order valence-corrected chi connectivity index (χ3v) is 3.30. The molecule has 20 heavy (non-hydrogen) atoms. The van der Waals surface area contributed by atoms with E-state index in [-0.39, 0.29) is 12.3 Å². The number of hydrogen-bond donors (Lipinski definition) is 1. The van der Waals surface area contributed by atoms with Gasteiger partial charge in [0.2, 0.25) is 0 Å². The highest BCUT2D eigenvalue weighted by Gasteiger charge is 2.05. The molecule has 0 spiro atoms. The van der Waals surface area contributed by atoms with E-state index >= 15 is 0 Å². The Morgan fingerprint density at radius 1 is 1.35 bits per heavy atom. The second-order valence-corrected chi connectivity index (χ2v) is 4.80. The second kappa shape index (κ2) is 6.70. The number of nitrogens with zero attached hydrogens (tertiary/aromatic N) is 1. The van der Waals surface area contributed by atoms with Crippen LogP contribution in [-0.4, -0.2) is 16.6 Å². The van der Waals surface area contributed by atoms with Gasteiger partial charge in [0.15, 0.2) is 0 Å². The van der Waals surface area contributed by atoms with Gasteiger partial charge in [0.05, 0.1) is 4.92 Å². The number of aliphatic hydroxyl groups excluding tert-OH is 1. The van der Waals surface area contributed by atoms with Crippen molar-refractivity contribution >= 4 is 17.0 Å². The van der Waals surface area contributed by atoms with Gasteiger partial charge in [-0.15, -0.1) is 11.3 Å². The summed E-state index contributed by atoms with van der Waals surface area (Å²) in [6.07, 6.45) is 0. The van der Waals surface area contributed by atoms with Crippen molar-refractivity contribution in [1.82, 2.24) is 0 Å². The first kappa shape index (κ1) is 14.1. The number of aliphatic hydroxyl groups is 1. The fraction of sp³-hybridized carbons (Fsp3) is 0.143. The van der Waals surface area contributed by atoms with Crippen molar-refractivity contribution in [3.63, 3.8) is 0 Å². The van der Waals surface area contributed by atoms with Gasteiger partial charge in [-0.2, -0.15) is 0 Å². The highest BCUT2D eigenvalue weighted by Crippen LogP contribution is 2.20. The third-order valence-electron chi connectivity index (χ3n) is 2.39. The first-order chi connectivity index (χ1) is 9.69. The quantitative estimate of drug-likeness (QED) is 0.533. The van der Waals surface area contributed by atoms with E-state index in [0.29, 0.717) is 12.4 Å². The van der Waals surface area contributed by atoms with Gasteiger partial charge in [-0.05, 0) is 18.2 Å². The molecule has 0 aliphatic heterocycles. The summed E-state index contributed by atoms with van der Waals surface area (Å²) in [4.78, 5) is 11.1. The second-order valence-electron chi connectivity index (χ2n) is 3.80. The largest absolute Gasteiger partial charge is 0.488 e. The molecule has 5 nitrogen and oxygen atoms in total. The maximum absolute atomic E-state index is 10.5. The molecule has 1 aromatic carbocycles. The van der Waals surface area contributed by atoms with Crippen LogP contribution in [0.5, 0.6) is 5.75 Å². The molecule has 0 bridgehead atoms. The van der Waals surface area contributed by atoms with Crippen LogP contribution in [0.25, 0.3) is 0 Å². The molecule has 0 aliphatic rings. The Kier molecular flexibility index (Phi) is 4.71. The minimum Gasteiger partial charge on any atom is -0.488 e. The normalized spacial score (nSPS) is 9.65. The molecular formula is C14H11NO4S. The van der Waals surface area contributed by atoms with Gasteiger partial charge in [0, 0.05) is 28.0 Å². The first-order valence-electron chi connectivity index (χ1n) is 5.73. The van der Waals surface area contributed by atoms with Crippen LogP contribution in [0.1, 0.15) is 10.4 Å². The van der Waals surface area contributed by atoms with E-state index in [1.54, 1.807) is 12.1 Å². The lowest BCUT2D eigenvalue weighted by Gasteiger charge is -2.03. The monoisotopic (exact) mass is 289 g/mol. The first-order valence-corrected chi connectivity index (χ1v) is 6.61. The number of rotatable bonds is 4. The maximum Gasteiger partial charge on any atom is 0.269 e. The molecule has 102 valence electrons. The minimum absolute atomic E-state index is 0.0371. The van der Waals surface area contributed by atoms with Gasteiger partial charge < -0.3 is 9.84 Å². The molecule has 2 rings (SSSR count). The number of non-ortho nitro benzene ring substituents is 1. The smallest absolute Gasteiger partial charge is 0.269 e. The molecule has 0 radical (unpaired) electrons. The van der Waals surface area contributed by atoms with Crippen molar-refractivity contribution in [3.05, 3.63) is 56.3 Å². The lowest BCUT2D eigenvalue weighted by Crippen LogP contribution is -1.93. The number of hydrogen-bond acceptors (Lipinski definition) is 5. The van der Waals surface area contributed by atoms with Crippen molar-refractivity contribution in [2.75, 3.05) is 6.61 Å². The molecule has 0 aliphatic carbocycles. The average Bonchev–Trinajstić information content (AvgIpc) is 2.91. The molecule has 1 heterocycles. The van der Waals surface area contributed by atoms with Crippen LogP contribution in [-0.2, 0) is 6.61 Å². The van der Waals surface area contributed by atoms with Crippen molar-refractivity contribution in [2.45, 2.75) is 6.61 Å². The van der Waals surface area contributed by atoms with Crippen molar-refractivity contribution in [2.24, 2.45) is 0 Å². The number of thiophene rings is 1. The van der Waals surface area contributed by atoms with Gasteiger partial charge in [0.25, 0.3) is 5.69 Å². The van der Waals surface area contributed by atoms with Gasteiger partial charge in [-0.1, -0.05) is 11.8 Å². The Morgan fingerprint density at radius 3 is 2.75 bits per heavy atom. The molecule has 1 N–H and O–H groups in total. The highest BCUT2D eigenvalue weighted by atomic mass is 32.1. The van der Waals surface area contributed by atoms with Crippen LogP contribution >= 0.6 is 11.3 Å². The van der Waals surface area contributed by atoms with Crippen molar-refractivity contribution in [1.29, 1.82) is 0 Å². The maximum atomic E-state index is 10.5. The number of nitro benzene ring substituents is 1. The lowest BCUT2D eigenvalue weighted by atomic mass is 10.3. The summed E-state index contributed by atoms with van der Waals surface area (Å²) < 4.78 is 5.53. The molecule has 1 aromatic heterocycles. The lowest BCUT2D eigenvalue weighted by molar-refractivity contribution is -0.384. The third kappa shape index (κ3) is 3.82. The molecule has 0 atom stereocenters. The summed E-state index contributed by atoms with van der Waals surface area (Å²) in [5, 5.41) is 21.0. The number of ether oxygens (including phenoxy) is 1. The highest BCUT2D eigenvalue weighted by molar-refractivity contribution is 7.10. The van der Waals surface area contributed by atoms with Crippen LogP contribution in [0.15, 0.2) is 35.7 Å². The number of benzene rings is 1. The Balaban J connectivity index is 1.94. The zero-order chi connectivity index (χ0) is 14.4. The fourth-order valence-electron chi connectivity index (χ4n) is 1.48. The van der Waals surface area contributed by atoms with Crippen LogP contribution in [0.4, 0.5) is 5.69 Å². The summed E-state index contributed by atoms with van der Waals surface area (Å²) in [5.41, 5.74) is 0.876. The van der Waals surface area contributed by atoms with E-state index < -0.39 is 4.92 Å². The van der Waals surface area contributed by atoms with Gasteiger partial charge in [0.1, 0.15) is 19.0 Å². The molecule has 0 amide bonds. The minimum atomic E-state index is -0.449. The predicted octanol–water partition coefficient (Wildman–Crippen LogP) is 2.58. The van der Waals surface area contributed by atoms with E-state index in [0.717, 1.165) is 10.4 Å². The van der Waals surface area contributed by atoms with Crippen molar-refractivity contribution in [3.8, 4) is 17.6 Å². The predicted molar refractivity (Wildman–Crippen MR) is 75.7 cm³/mol. The summed E-state index contributed by atoms with van der Waals surface area (Å²) >= 11 is 1.51. The Bertz CT molecular complexity index is 652. The van der Waals surface area contributed by atoms with Crippen LogP contribution < -0.4 is 4.74 Å². The summed E-state index contributed by atoms with van der Waals surface area (Å²) in [6.45, 7) is 0.216. The van der Waals surface area contributed by atoms with E-state index in [1.165, 1.54) is 23.5 Å². The Morgan fingerprint density at radius 2 is 2.10 bits per heavy atom. The fourth-order valence-corrected chi connectivity index (χ4v) is 2.21. The SMILES string of the molecule is O=[N+]([O-])c1ccc(OCc2cc(C#CCO)cs2)cc1. The van der Waals surface area contributed by atoms with Crippen LogP contribution in [0.2, 0.25) is 0 Å². The molecule has 0 saturated carbocycles. The van der Waals surface area contributed by atoms with E-state index in [2.05, 4.69) is 11.8 Å². The van der Waals surface area contributed by atoms with Crippen molar-refractivity contribution < 1.29 is 14.8 Å². The molecule has 2 aromatic rings. The molecule has 0 unspecified atom stereocenters. The molecule has 0 saturated heterocycles.